The highest BCUT2D eigenvalue weighted by molar-refractivity contribution is 5.88. The lowest BCUT2D eigenvalue weighted by Crippen LogP contribution is -2.03. The molecule has 5 heteroatoms. The summed E-state index contributed by atoms with van der Waals surface area (Å²) in [5.74, 6) is -4.23. The zero-order valence-electron chi connectivity index (χ0n) is 6.50. The molecule has 0 aliphatic carbocycles. The maximum absolute atomic E-state index is 12.8. The lowest BCUT2D eigenvalue weighted by atomic mass is 10.1. The van der Waals surface area contributed by atoms with Crippen LogP contribution < -0.4 is 0 Å². The molecule has 70 valence electrons. The van der Waals surface area contributed by atoms with Crippen molar-refractivity contribution in [2.24, 2.45) is 0 Å². The average Bonchev–Trinajstić information content (AvgIpc) is 2.07. The van der Waals surface area contributed by atoms with Crippen LogP contribution in [0.3, 0.4) is 0 Å². The molecule has 0 saturated carbocycles. The van der Waals surface area contributed by atoms with Crippen LogP contribution in [0.25, 0.3) is 0 Å². The highest BCUT2D eigenvalue weighted by Crippen LogP contribution is 2.19. The van der Waals surface area contributed by atoms with Crippen LogP contribution in [-0.4, -0.2) is 6.04 Å². The van der Waals surface area contributed by atoms with Crippen LogP contribution in [0.5, 0.6) is 0 Å². The molecule has 0 fully saturated rings. The van der Waals surface area contributed by atoms with Gasteiger partial charge in [0, 0.05) is 5.56 Å². The first-order chi connectivity index (χ1) is 5.95. The van der Waals surface area contributed by atoms with Crippen molar-refractivity contribution in [1.29, 1.82) is 0 Å². The Bertz CT molecular complexity index is 373. The van der Waals surface area contributed by atoms with Crippen molar-refractivity contribution in [3.63, 3.8) is 0 Å². The van der Waals surface area contributed by atoms with E-state index in [1.54, 1.807) is 0 Å². The molecule has 0 aliphatic rings. The number of carbonyl (C=O) groups is 1. The zero-order chi connectivity index (χ0) is 10.2. The van der Waals surface area contributed by atoms with Crippen LogP contribution >= 0.6 is 0 Å². The molecule has 1 aromatic rings. The normalized spacial score (nSPS) is 10.2. The monoisotopic (exact) mass is 192 g/mol. The third-order valence-electron chi connectivity index (χ3n) is 1.59. The second-order valence-corrected chi connectivity index (χ2v) is 2.43. The summed E-state index contributed by atoms with van der Waals surface area (Å²) in [4.78, 5) is 10.1. The van der Waals surface area contributed by atoms with E-state index in [-0.39, 0.29) is 6.07 Å². The highest BCUT2D eigenvalue weighted by Gasteiger charge is 2.19. The van der Waals surface area contributed by atoms with Crippen molar-refractivity contribution in [2.75, 3.05) is 0 Å². The first-order valence-electron chi connectivity index (χ1n) is 3.29. The maximum atomic E-state index is 12.8. The Balaban J connectivity index is 3.50. The van der Waals surface area contributed by atoms with Gasteiger partial charge in [-0.25, -0.2) is 13.2 Å². The fourth-order valence-corrected chi connectivity index (χ4v) is 0.874. The highest BCUT2D eigenvalue weighted by atomic mass is 19.2. The molecule has 0 radical (unpaired) electrons. The first kappa shape index (κ1) is 9.70. The fraction of sp³-hybridized carbons (Fsp3) is 0.125. The number of rotatable bonds is 1. The molecule has 0 unspecified atom stereocenters. The van der Waals surface area contributed by atoms with Gasteiger partial charge in [-0.3, -0.25) is 4.79 Å². The SMILES string of the molecule is Cc1c(F)c(F)cc(C(=O)F)c1F. The summed E-state index contributed by atoms with van der Waals surface area (Å²) >= 11 is 0. The summed E-state index contributed by atoms with van der Waals surface area (Å²) in [5.41, 5.74) is -1.79. The second-order valence-electron chi connectivity index (χ2n) is 2.43. The quantitative estimate of drug-likeness (QED) is 0.379. The van der Waals surface area contributed by atoms with E-state index in [9.17, 15) is 22.4 Å². The van der Waals surface area contributed by atoms with Gasteiger partial charge in [0.1, 0.15) is 5.82 Å². The molecule has 1 nitrogen and oxygen atoms in total. The van der Waals surface area contributed by atoms with E-state index in [4.69, 9.17) is 0 Å². The Morgan fingerprint density at radius 1 is 1.23 bits per heavy atom. The second kappa shape index (κ2) is 3.16. The molecule has 1 rings (SSSR count). The topological polar surface area (TPSA) is 17.1 Å². The molecule has 0 bridgehead atoms. The number of halogens is 4. The standard InChI is InChI=1S/C8H4F4O/c1-3-6(10)4(8(12)13)2-5(9)7(3)11/h2H,1H3. The van der Waals surface area contributed by atoms with Crippen molar-refractivity contribution in [3.8, 4) is 0 Å². The van der Waals surface area contributed by atoms with E-state index in [1.807, 2.05) is 0 Å². The molecule has 13 heavy (non-hydrogen) atoms. The van der Waals surface area contributed by atoms with E-state index in [0.29, 0.717) is 0 Å². The van der Waals surface area contributed by atoms with Gasteiger partial charge in [-0.1, -0.05) is 0 Å². The van der Waals surface area contributed by atoms with Crippen LogP contribution in [-0.2, 0) is 0 Å². The summed E-state index contributed by atoms with van der Waals surface area (Å²) in [5, 5.41) is 0. The lowest BCUT2D eigenvalue weighted by molar-refractivity contribution is 0.0830. The molecule has 0 N–H and O–H groups in total. The van der Waals surface area contributed by atoms with E-state index in [0.717, 1.165) is 6.92 Å². The van der Waals surface area contributed by atoms with Gasteiger partial charge in [-0.05, 0) is 13.0 Å². The molecule has 0 heterocycles. The number of hydrogen-bond donors (Lipinski definition) is 0. The molecule has 0 aromatic heterocycles. The van der Waals surface area contributed by atoms with Crippen LogP contribution in [0.15, 0.2) is 6.07 Å². The summed E-state index contributed by atoms with van der Waals surface area (Å²) in [6.07, 6.45) is 0. The van der Waals surface area contributed by atoms with E-state index < -0.39 is 34.6 Å². The van der Waals surface area contributed by atoms with Crippen LogP contribution in [0.1, 0.15) is 15.9 Å². The Morgan fingerprint density at radius 3 is 2.23 bits per heavy atom. The molecular weight excluding hydrogens is 188 g/mol. The van der Waals surface area contributed by atoms with Crippen molar-refractivity contribution >= 4 is 6.04 Å². The lowest BCUT2D eigenvalue weighted by Gasteiger charge is -2.02. The Labute approximate surface area is 71.0 Å². The van der Waals surface area contributed by atoms with Gasteiger partial charge in [0.05, 0.1) is 5.56 Å². The third-order valence-corrected chi connectivity index (χ3v) is 1.59. The minimum atomic E-state index is -2.13. The number of hydrogen-bond acceptors (Lipinski definition) is 1. The van der Waals surface area contributed by atoms with E-state index in [2.05, 4.69) is 0 Å². The van der Waals surface area contributed by atoms with Gasteiger partial charge in [0.15, 0.2) is 11.6 Å². The molecule has 0 amide bonds. The molecule has 0 saturated heterocycles. The van der Waals surface area contributed by atoms with Crippen molar-refractivity contribution in [1.82, 2.24) is 0 Å². The summed E-state index contributed by atoms with van der Waals surface area (Å²) in [6.45, 7) is 0.917. The summed E-state index contributed by atoms with van der Waals surface area (Å²) in [6, 6.07) is -1.93. The van der Waals surface area contributed by atoms with E-state index in [1.165, 1.54) is 0 Å². The van der Waals surface area contributed by atoms with Gasteiger partial charge in [0.25, 0.3) is 0 Å². The van der Waals surface area contributed by atoms with Gasteiger partial charge in [-0.15, -0.1) is 0 Å². The number of benzene rings is 1. The zero-order valence-corrected chi connectivity index (χ0v) is 6.50. The maximum Gasteiger partial charge on any atom is 0.335 e. The van der Waals surface area contributed by atoms with Crippen molar-refractivity contribution in [3.05, 3.63) is 34.6 Å². The van der Waals surface area contributed by atoms with Gasteiger partial charge >= 0.3 is 6.04 Å². The summed E-state index contributed by atoms with van der Waals surface area (Å²) in [7, 11) is 0. The van der Waals surface area contributed by atoms with Gasteiger partial charge in [0.2, 0.25) is 0 Å². The van der Waals surface area contributed by atoms with Gasteiger partial charge in [-0.2, -0.15) is 4.39 Å². The fourth-order valence-electron chi connectivity index (χ4n) is 0.874. The smallest absolute Gasteiger partial charge is 0.255 e. The van der Waals surface area contributed by atoms with Crippen LogP contribution in [0.2, 0.25) is 0 Å². The van der Waals surface area contributed by atoms with E-state index >= 15 is 0 Å². The average molecular weight is 192 g/mol. The molecule has 0 aliphatic heterocycles. The summed E-state index contributed by atoms with van der Waals surface area (Å²) < 4.78 is 50.0. The van der Waals surface area contributed by atoms with Crippen LogP contribution in [0, 0.1) is 24.4 Å². The Hall–Kier alpha value is -1.39. The van der Waals surface area contributed by atoms with Crippen molar-refractivity contribution in [2.45, 2.75) is 6.92 Å². The largest absolute Gasteiger partial charge is 0.335 e. The molecular formula is C8H4F4O. The van der Waals surface area contributed by atoms with Gasteiger partial charge < -0.3 is 0 Å². The Morgan fingerprint density at radius 2 is 1.77 bits per heavy atom. The number of carbonyl (C=O) groups excluding carboxylic acids is 1. The molecule has 0 atom stereocenters. The minimum absolute atomic E-state index is 0.194. The Kier molecular flexibility index (Phi) is 2.36. The predicted molar refractivity (Wildman–Crippen MR) is 36.5 cm³/mol. The minimum Gasteiger partial charge on any atom is -0.255 e. The predicted octanol–water partition coefficient (Wildman–Crippen LogP) is 2.52. The molecule has 1 aromatic carbocycles. The third kappa shape index (κ3) is 1.54. The first-order valence-corrected chi connectivity index (χ1v) is 3.29. The van der Waals surface area contributed by atoms with Crippen LogP contribution in [0.4, 0.5) is 17.6 Å². The van der Waals surface area contributed by atoms with Crippen molar-refractivity contribution < 1.29 is 22.4 Å². The molecule has 0 spiro atoms.